The number of anilines is 1. The smallest absolute Gasteiger partial charge is 0.318 e. The number of carboxylic acid groups (broad SMARTS) is 1. The quantitative estimate of drug-likeness (QED) is 0.753. The second kappa shape index (κ2) is 7.90. The van der Waals surface area contributed by atoms with Crippen molar-refractivity contribution in [2.24, 2.45) is 0 Å². The highest BCUT2D eigenvalue weighted by atomic mass is 32.2. The highest BCUT2D eigenvalue weighted by Gasteiger charge is 2.25. The molecule has 1 aromatic carbocycles. The largest absolute Gasteiger partial charge is 0.480 e. The summed E-state index contributed by atoms with van der Waals surface area (Å²) in [7, 11) is -3.87. The zero-order chi connectivity index (χ0) is 16.8. The van der Waals surface area contributed by atoms with E-state index >= 15 is 0 Å². The van der Waals surface area contributed by atoms with E-state index in [9.17, 15) is 18.0 Å². The zero-order valence-electron chi connectivity index (χ0n) is 12.6. The second-order valence-electron chi connectivity index (χ2n) is 4.66. The minimum Gasteiger partial charge on any atom is -0.480 e. The molecule has 0 aliphatic heterocycles. The van der Waals surface area contributed by atoms with Gasteiger partial charge in [0.05, 0.1) is 4.90 Å². The molecular weight excluding hydrogens is 308 g/mol. The van der Waals surface area contributed by atoms with Crippen LogP contribution in [0.2, 0.25) is 0 Å². The fourth-order valence-corrected chi connectivity index (χ4v) is 3.27. The van der Waals surface area contributed by atoms with E-state index in [4.69, 9.17) is 5.11 Å². The summed E-state index contributed by atoms with van der Waals surface area (Å²) in [5.74, 6) is -1.38. The molecule has 0 aliphatic rings. The molecule has 0 bridgehead atoms. The third-order valence-electron chi connectivity index (χ3n) is 2.88. The third kappa shape index (κ3) is 4.81. The average molecular weight is 328 g/mol. The lowest BCUT2D eigenvalue weighted by Gasteiger charge is -2.19. The lowest BCUT2D eigenvalue weighted by Crippen LogP contribution is -2.36. The van der Waals surface area contributed by atoms with E-state index in [-0.39, 0.29) is 17.3 Å². The number of carbonyl (C=O) groups is 2. The van der Waals surface area contributed by atoms with Crippen molar-refractivity contribution in [3.8, 4) is 0 Å². The van der Waals surface area contributed by atoms with E-state index in [1.165, 1.54) is 24.3 Å². The Hall–Kier alpha value is -1.93. The lowest BCUT2D eigenvalue weighted by atomic mass is 10.3. The Bertz CT molecular complexity index is 625. The monoisotopic (exact) mass is 328 g/mol. The van der Waals surface area contributed by atoms with Crippen molar-refractivity contribution in [2.75, 3.05) is 18.4 Å². The molecule has 0 heterocycles. The van der Waals surface area contributed by atoms with Gasteiger partial charge in [-0.1, -0.05) is 13.8 Å². The fraction of sp³-hybridized carbons (Fsp3) is 0.429. The van der Waals surface area contributed by atoms with Crippen LogP contribution in [-0.4, -0.2) is 42.8 Å². The maximum absolute atomic E-state index is 12.4. The normalized spacial score (nSPS) is 11.4. The molecule has 0 aliphatic carbocycles. The summed E-state index contributed by atoms with van der Waals surface area (Å²) in [5, 5.41) is 11.5. The van der Waals surface area contributed by atoms with Gasteiger partial charge in [-0.15, -0.1) is 0 Å². The highest BCUT2D eigenvalue weighted by molar-refractivity contribution is 7.89. The Morgan fingerprint density at radius 2 is 1.77 bits per heavy atom. The Balaban J connectivity index is 3.00. The summed E-state index contributed by atoms with van der Waals surface area (Å²) in [4.78, 5) is 22.1. The van der Waals surface area contributed by atoms with Crippen LogP contribution in [-0.2, 0) is 19.6 Å². The molecule has 7 nitrogen and oxygen atoms in total. The minimum atomic E-state index is -3.87. The number of sulfonamides is 1. The Labute approximate surface area is 130 Å². The number of aliphatic carboxylic acids is 1. The van der Waals surface area contributed by atoms with Crippen molar-refractivity contribution in [2.45, 2.75) is 31.6 Å². The second-order valence-corrected chi connectivity index (χ2v) is 6.60. The van der Waals surface area contributed by atoms with Gasteiger partial charge in [0.15, 0.2) is 0 Å². The number of nitrogens with one attached hydrogen (secondary N) is 1. The van der Waals surface area contributed by atoms with E-state index < -0.39 is 22.5 Å². The predicted molar refractivity (Wildman–Crippen MR) is 82.0 cm³/mol. The SMILES string of the molecule is CCCN(CC(=O)O)S(=O)(=O)c1ccc(NC(=O)CC)cc1. The molecule has 0 unspecified atom stereocenters. The lowest BCUT2D eigenvalue weighted by molar-refractivity contribution is -0.137. The molecule has 2 N–H and O–H groups in total. The summed E-state index contributed by atoms with van der Waals surface area (Å²) in [5.41, 5.74) is 0.492. The van der Waals surface area contributed by atoms with Crippen molar-refractivity contribution in [1.29, 1.82) is 0 Å². The van der Waals surface area contributed by atoms with Crippen molar-refractivity contribution in [3.05, 3.63) is 24.3 Å². The molecule has 1 rings (SSSR count). The van der Waals surface area contributed by atoms with Gasteiger partial charge in [-0.25, -0.2) is 8.42 Å². The van der Waals surface area contributed by atoms with Gasteiger partial charge in [0.2, 0.25) is 15.9 Å². The number of carbonyl (C=O) groups excluding carboxylic acids is 1. The molecule has 0 spiro atoms. The molecule has 122 valence electrons. The number of nitrogens with zero attached hydrogens (tertiary/aromatic N) is 1. The van der Waals surface area contributed by atoms with Crippen LogP contribution in [0.1, 0.15) is 26.7 Å². The van der Waals surface area contributed by atoms with Crippen LogP contribution >= 0.6 is 0 Å². The van der Waals surface area contributed by atoms with E-state index in [1.54, 1.807) is 13.8 Å². The predicted octanol–water partition coefficient (Wildman–Crippen LogP) is 1.52. The van der Waals surface area contributed by atoms with Crippen molar-refractivity contribution in [3.63, 3.8) is 0 Å². The molecule has 0 aromatic heterocycles. The van der Waals surface area contributed by atoms with Crippen LogP contribution in [0.3, 0.4) is 0 Å². The Kier molecular flexibility index (Phi) is 6.51. The van der Waals surface area contributed by atoms with Gasteiger partial charge in [-0.2, -0.15) is 4.31 Å². The van der Waals surface area contributed by atoms with E-state index in [2.05, 4.69) is 5.32 Å². The van der Waals surface area contributed by atoms with Crippen molar-refractivity contribution in [1.82, 2.24) is 4.31 Å². The number of hydrogen-bond donors (Lipinski definition) is 2. The number of benzene rings is 1. The summed E-state index contributed by atoms with van der Waals surface area (Å²) in [6, 6.07) is 5.66. The molecule has 0 saturated heterocycles. The van der Waals surface area contributed by atoms with Gasteiger partial charge in [0.1, 0.15) is 6.54 Å². The molecule has 8 heteroatoms. The summed E-state index contributed by atoms with van der Waals surface area (Å²) in [6.07, 6.45) is 0.833. The van der Waals surface area contributed by atoms with Gasteiger partial charge in [-0.05, 0) is 30.7 Å². The first kappa shape index (κ1) is 18.1. The Morgan fingerprint density at radius 1 is 1.18 bits per heavy atom. The summed E-state index contributed by atoms with van der Waals surface area (Å²) < 4.78 is 25.8. The summed E-state index contributed by atoms with van der Waals surface area (Å²) in [6.45, 7) is 3.03. The molecule has 0 saturated carbocycles. The zero-order valence-corrected chi connectivity index (χ0v) is 13.4. The first-order chi connectivity index (χ1) is 10.3. The minimum absolute atomic E-state index is 0.00306. The van der Waals surface area contributed by atoms with E-state index in [0.29, 0.717) is 18.5 Å². The van der Waals surface area contributed by atoms with Gasteiger partial charge < -0.3 is 10.4 Å². The topological polar surface area (TPSA) is 104 Å². The first-order valence-electron chi connectivity index (χ1n) is 6.93. The van der Waals surface area contributed by atoms with Gasteiger partial charge in [0.25, 0.3) is 0 Å². The number of rotatable bonds is 8. The molecule has 0 atom stereocenters. The fourth-order valence-electron chi connectivity index (χ4n) is 1.79. The molecule has 1 aromatic rings. The standard InChI is InChI=1S/C14H20N2O5S/c1-3-9-16(10-14(18)19)22(20,21)12-7-5-11(6-8-12)15-13(17)4-2/h5-8H,3-4,9-10H2,1-2H3,(H,15,17)(H,18,19). The maximum atomic E-state index is 12.4. The number of hydrogen-bond acceptors (Lipinski definition) is 4. The number of amides is 1. The van der Waals surface area contributed by atoms with Crippen LogP contribution in [0.15, 0.2) is 29.2 Å². The van der Waals surface area contributed by atoms with Crippen LogP contribution in [0, 0.1) is 0 Å². The molecule has 22 heavy (non-hydrogen) atoms. The van der Waals surface area contributed by atoms with Crippen molar-refractivity contribution >= 4 is 27.6 Å². The van der Waals surface area contributed by atoms with Gasteiger partial charge >= 0.3 is 5.97 Å². The van der Waals surface area contributed by atoms with Crippen LogP contribution in [0.5, 0.6) is 0 Å². The van der Waals surface area contributed by atoms with Gasteiger partial charge in [-0.3, -0.25) is 9.59 Å². The summed E-state index contributed by atoms with van der Waals surface area (Å²) >= 11 is 0. The van der Waals surface area contributed by atoms with E-state index in [1.807, 2.05) is 0 Å². The third-order valence-corrected chi connectivity index (χ3v) is 4.74. The molecule has 0 fully saturated rings. The highest BCUT2D eigenvalue weighted by Crippen LogP contribution is 2.18. The first-order valence-corrected chi connectivity index (χ1v) is 8.37. The van der Waals surface area contributed by atoms with E-state index in [0.717, 1.165) is 4.31 Å². The molecule has 0 radical (unpaired) electrons. The van der Waals surface area contributed by atoms with Gasteiger partial charge in [0, 0.05) is 18.7 Å². The average Bonchev–Trinajstić information content (AvgIpc) is 2.46. The molecular formula is C14H20N2O5S. The van der Waals surface area contributed by atoms with Crippen LogP contribution in [0.25, 0.3) is 0 Å². The van der Waals surface area contributed by atoms with Crippen LogP contribution in [0.4, 0.5) is 5.69 Å². The van der Waals surface area contributed by atoms with Crippen LogP contribution < -0.4 is 5.32 Å². The number of carboxylic acids is 1. The Morgan fingerprint density at radius 3 is 2.23 bits per heavy atom. The van der Waals surface area contributed by atoms with Crippen molar-refractivity contribution < 1.29 is 23.1 Å². The molecule has 1 amide bonds. The maximum Gasteiger partial charge on any atom is 0.318 e.